The van der Waals surface area contributed by atoms with Crippen LogP contribution in [0.2, 0.25) is 0 Å². The van der Waals surface area contributed by atoms with Crippen LogP contribution in [-0.2, 0) is 14.4 Å². The lowest BCUT2D eigenvalue weighted by Gasteiger charge is -2.18. The van der Waals surface area contributed by atoms with Crippen LogP contribution in [0.3, 0.4) is 0 Å². The molecule has 0 atom stereocenters. The van der Waals surface area contributed by atoms with Gasteiger partial charge in [-0.05, 0) is 13.0 Å². The van der Waals surface area contributed by atoms with E-state index in [-0.39, 0.29) is 32.0 Å². The van der Waals surface area contributed by atoms with Gasteiger partial charge in [0.05, 0.1) is 13.1 Å². The van der Waals surface area contributed by atoms with Crippen molar-refractivity contribution in [1.82, 2.24) is 9.80 Å². The van der Waals surface area contributed by atoms with Crippen molar-refractivity contribution < 1.29 is 24.6 Å². The van der Waals surface area contributed by atoms with E-state index in [0.717, 1.165) is 0 Å². The van der Waals surface area contributed by atoms with Gasteiger partial charge in [-0.3, -0.25) is 19.3 Å². The van der Waals surface area contributed by atoms with Gasteiger partial charge < -0.3 is 15.1 Å². The Bertz CT molecular complexity index is 274. The van der Waals surface area contributed by atoms with Crippen LogP contribution in [0.25, 0.3) is 0 Å². The Hall–Kier alpha value is -1.63. The first kappa shape index (κ1) is 15.4. The molecule has 17 heavy (non-hydrogen) atoms. The molecule has 0 aromatic carbocycles. The predicted molar refractivity (Wildman–Crippen MR) is 59.6 cm³/mol. The quantitative estimate of drug-likeness (QED) is 0.589. The first-order chi connectivity index (χ1) is 7.82. The van der Waals surface area contributed by atoms with Gasteiger partial charge >= 0.3 is 11.9 Å². The molecule has 7 heteroatoms. The van der Waals surface area contributed by atoms with Crippen LogP contribution in [-0.4, -0.2) is 71.6 Å². The third-order valence-corrected chi connectivity index (χ3v) is 2.08. The Morgan fingerprint density at radius 1 is 1.00 bits per heavy atom. The third kappa shape index (κ3) is 8.21. The van der Waals surface area contributed by atoms with Gasteiger partial charge in [-0.2, -0.15) is 0 Å². The molecule has 7 nitrogen and oxygen atoms in total. The second-order valence-electron chi connectivity index (χ2n) is 3.89. The predicted octanol–water partition coefficient (Wildman–Crippen LogP) is -0.674. The summed E-state index contributed by atoms with van der Waals surface area (Å²) in [6.07, 6.45) is 0.723. The molecule has 0 unspecified atom stereocenters. The summed E-state index contributed by atoms with van der Waals surface area (Å²) in [6.45, 7) is -0.386. The summed E-state index contributed by atoms with van der Waals surface area (Å²) in [5.41, 5.74) is 0. The zero-order valence-corrected chi connectivity index (χ0v) is 10.0. The molecule has 0 rings (SSSR count). The van der Waals surface area contributed by atoms with E-state index in [4.69, 9.17) is 10.2 Å². The highest BCUT2D eigenvalue weighted by Gasteiger charge is 2.13. The van der Waals surface area contributed by atoms with Gasteiger partial charge in [-0.1, -0.05) is 0 Å². The summed E-state index contributed by atoms with van der Waals surface area (Å²) >= 11 is 0. The van der Waals surface area contributed by atoms with Crippen molar-refractivity contribution in [3.8, 4) is 0 Å². The molecule has 0 heterocycles. The van der Waals surface area contributed by atoms with E-state index in [0.29, 0.717) is 6.42 Å². The highest BCUT2D eigenvalue weighted by atomic mass is 16.4. The molecule has 0 saturated carbocycles. The lowest BCUT2D eigenvalue weighted by molar-refractivity contribution is -0.141. The molecule has 0 spiro atoms. The first-order valence-corrected chi connectivity index (χ1v) is 5.19. The number of carboxylic acid groups (broad SMARTS) is 2. The number of aliphatic carboxylic acids is 2. The number of rotatable bonds is 8. The van der Waals surface area contributed by atoms with E-state index >= 15 is 0 Å². The number of amides is 1. The van der Waals surface area contributed by atoms with E-state index in [2.05, 4.69) is 0 Å². The molecule has 0 saturated heterocycles. The van der Waals surface area contributed by atoms with E-state index in [1.807, 2.05) is 0 Å². The summed E-state index contributed by atoms with van der Waals surface area (Å²) in [6, 6.07) is 0. The lowest BCUT2D eigenvalue weighted by atomic mass is 10.2. The summed E-state index contributed by atoms with van der Waals surface area (Å²) < 4.78 is 0. The average molecular weight is 246 g/mol. The minimum atomic E-state index is -1.08. The second-order valence-corrected chi connectivity index (χ2v) is 3.89. The Balaban J connectivity index is 4.03. The van der Waals surface area contributed by atoms with Gasteiger partial charge in [0.25, 0.3) is 0 Å². The van der Waals surface area contributed by atoms with Gasteiger partial charge in [0.2, 0.25) is 5.91 Å². The monoisotopic (exact) mass is 246 g/mol. The van der Waals surface area contributed by atoms with Crippen LogP contribution >= 0.6 is 0 Å². The van der Waals surface area contributed by atoms with Crippen molar-refractivity contribution in [2.75, 3.05) is 33.7 Å². The summed E-state index contributed by atoms with van der Waals surface area (Å²) in [5, 5.41) is 17.2. The third-order valence-electron chi connectivity index (χ3n) is 2.08. The molecule has 0 fully saturated rings. The van der Waals surface area contributed by atoms with Crippen LogP contribution in [0.1, 0.15) is 12.8 Å². The van der Waals surface area contributed by atoms with E-state index in [9.17, 15) is 14.4 Å². The zero-order chi connectivity index (χ0) is 13.4. The second kappa shape index (κ2) is 7.61. The van der Waals surface area contributed by atoms with Crippen molar-refractivity contribution >= 4 is 17.8 Å². The molecule has 0 aliphatic heterocycles. The van der Waals surface area contributed by atoms with Crippen LogP contribution in [0.15, 0.2) is 0 Å². The van der Waals surface area contributed by atoms with Gasteiger partial charge in [-0.25, -0.2) is 0 Å². The molecule has 0 radical (unpaired) electrons. The Morgan fingerprint density at radius 3 is 1.82 bits per heavy atom. The van der Waals surface area contributed by atoms with E-state index < -0.39 is 11.9 Å². The molecule has 0 aromatic heterocycles. The number of carboxylic acids is 2. The van der Waals surface area contributed by atoms with Gasteiger partial charge in [0.1, 0.15) is 0 Å². The van der Waals surface area contributed by atoms with Gasteiger partial charge in [0, 0.05) is 20.5 Å². The largest absolute Gasteiger partial charge is 0.480 e. The topological polar surface area (TPSA) is 98.2 Å². The maximum atomic E-state index is 11.2. The lowest BCUT2D eigenvalue weighted by Crippen LogP contribution is -2.35. The number of nitrogens with zero attached hydrogens (tertiary/aromatic N) is 2. The number of carbonyl (C=O) groups is 3. The summed E-state index contributed by atoms with van der Waals surface area (Å²) in [4.78, 5) is 34.9. The Morgan fingerprint density at radius 2 is 1.47 bits per heavy atom. The van der Waals surface area contributed by atoms with Crippen molar-refractivity contribution in [1.29, 1.82) is 0 Å². The highest BCUT2D eigenvalue weighted by molar-refractivity contribution is 5.75. The van der Waals surface area contributed by atoms with E-state index in [1.165, 1.54) is 9.80 Å². The van der Waals surface area contributed by atoms with Gasteiger partial charge in [-0.15, -0.1) is 0 Å². The van der Waals surface area contributed by atoms with Crippen LogP contribution in [0.4, 0.5) is 0 Å². The zero-order valence-electron chi connectivity index (χ0n) is 10.0. The SMILES string of the molecule is CN(C)C(=O)CCCN(CC(=O)O)CC(=O)O. The van der Waals surface area contributed by atoms with Crippen LogP contribution in [0.5, 0.6) is 0 Å². The minimum Gasteiger partial charge on any atom is -0.480 e. The fourth-order valence-corrected chi connectivity index (χ4v) is 1.27. The Kier molecular flexibility index (Phi) is 6.88. The first-order valence-electron chi connectivity index (χ1n) is 5.19. The smallest absolute Gasteiger partial charge is 0.317 e. The molecule has 0 aliphatic rings. The van der Waals surface area contributed by atoms with Crippen LogP contribution in [0, 0.1) is 0 Å². The maximum Gasteiger partial charge on any atom is 0.317 e. The fraction of sp³-hybridized carbons (Fsp3) is 0.700. The number of hydrogen-bond donors (Lipinski definition) is 2. The average Bonchev–Trinajstić information content (AvgIpc) is 2.14. The molecular formula is C10H18N2O5. The molecule has 2 N–H and O–H groups in total. The summed E-state index contributed by atoms with van der Waals surface area (Å²) in [7, 11) is 3.27. The standard InChI is InChI=1S/C10H18N2O5/c1-11(2)8(13)4-3-5-12(6-9(14)15)7-10(16)17/h3-7H2,1-2H3,(H,14,15)(H,16,17). The molecule has 0 bridgehead atoms. The molecule has 0 aliphatic carbocycles. The summed E-state index contributed by atoms with van der Waals surface area (Å²) in [5.74, 6) is -2.22. The minimum absolute atomic E-state index is 0.0596. The van der Waals surface area contributed by atoms with E-state index in [1.54, 1.807) is 14.1 Å². The Labute approximate surface area is 99.6 Å². The molecule has 1 amide bonds. The van der Waals surface area contributed by atoms with Crippen molar-refractivity contribution in [2.24, 2.45) is 0 Å². The number of carbonyl (C=O) groups excluding carboxylic acids is 1. The van der Waals surface area contributed by atoms with Crippen molar-refractivity contribution in [3.63, 3.8) is 0 Å². The van der Waals surface area contributed by atoms with Crippen molar-refractivity contribution in [2.45, 2.75) is 12.8 Å². The molecule has 98 valence electrons. The van der Waals surface area contributed by atoms with Gasteiger partial charge in [0.15, 0.2) is 0 Å². The molecular weight excluding hydrogens is 228 g/mol. The van der Waals surface area contributed by atoms with Crippen molar-refractivity contribution in [3.05, 3.63) is 0 Å². The maximum absolute atomic E-state index is 11.2. The van der Waals surface area contributed by atoms with Crippen LogP contribution < -0.4 is 0 Å². The normalized spacial score (nSPS) is 10.3. The highest BCUT2D eigenvalue weighted by Crippen LogP contribution is 1.98. The number of hydrogen-bond acceptors (Lipinski definition) is 4. The molecule has 0 aromatic rings. The fourth-order valence-electron chi connectivity index (χ4n) is 1.27.